The topological polar surface area (TPSA) is 97.0 Å². The predicted octanol–water partition coefficient (Wildman–Crippen LogP) is 1.85. The number of amides is 1. The molecular formula is C17H22N6O. The van der Waals surface area contributed by atoms with Gasteiger partial charge in [0.05, 0.1) is 18.3 Å². The van der Waals surface area contributed by atoms with Gasteiger partial charge in [0.2, 0.25) is 5.91 Å². The summed E-state index contributed by atoms with van der Waals surface area (Å²) in [5.74, 6) is 1.87. The molecule has 0 spiro atoms. The lowest BCUT2D eigenvalue weighted by molar-refractivity contribution is -0.119. The molecule has 1 unspecified atom stereocenters. The highest BCUT2D eigenvalue weighted by atomic mass is 16.1. The number of anilines is 2. The van der Waals surface area contributed by atoms with Crippen LogP contribution in [0.5, 0.6) is 0 Å². The van der Waals surface area contributed by atoms with Crippen molar-refractivity contribution in [2.24, 2.45) is 5.73 Å². The van der Waals surface area contributed by atoms with Gasteiger partial charge < -0.3 is 11.1 Å². The Morgan fingerprint density at radius 2 is 2.25 bits per heavy atom. The van der Waals surface area contributed by atoms with Gasteiger partial charge in [0.15, 0.2) is 0 Å². The molecule has 0 aliphatic carbocycles. The monoisotopic (exact) mass is 326 g/mol. The van der Waals surface area contributed by atoms with Crippen LogP contribution in [0.2, 0.25) is 0 Å². The van der Waals surface area contributed by atoms with E-state index in [4.69, 9.17) is 5.73 Å². The van der Waals surface area contributed by atoms with Crippen LogP contribution < -0.4 is 11.1 Å². The third-order valence-corrected chi connectivity index (χ3v) is 4.18. The minimum Gasteiger partial charge on any atom is -0.369 e. The molecule has 1 fully saturated rings. The molecule has 2 aromatic rings. The summed E-state index contributed by atoms with van der Waals surface area (Å²) in [7, 11) is 0. The Hall–Kier alpha value is -2.54. The van der Waals surface area contributed by atoms with Crippen molar-refractivity contribution >= 4 is 17.5 Å². The highest BCUT2D eigenvalue weighted by molar-refractivity contribution is 5.76. The quantitative estimate of drug-likeness (QED) is 0.870. The smallest absolute Gasteiger partial charge is 0.231 e. The minimum atomic E-state index is -0.310. The first-order valence-electron chi connectivity index (χ1n) is 8.09. The molecule has 1 amide bonds. The molecule has 3 heterocycles. The summed E-state index contributed by atoms with van der Waals surface area (Å²) in [5, 5.41) is 3.26. The van der Waals surface area contributed by atoms with Crippen LogP contribution in [0, 0.1) is 13.8 Å². The summed E-state index contributed by atoms with van der Waals surface area (Å²) in [6.07, 6.45) is 3.74. The van der Waals surface area contributed by atoms with Crippen molar-refractivity contribution in [3.8, 4) is 0 Å². The van der Waals surface area contributed by atoms with Crippen LogP contribution in [0.1, 0.15) is 36.0 Å². The van der Waals surface area contributed by atoms with Crippen LogP contribution in [-0.2, 0) is 4.79 Å². The molecule has 1 atom stereocenters. The summed E-state index contributed by atoms with van der Waals surface area (Å²) in [6.45, 7) is 4.98. The molecule has 0 saturated carbocycles. The van der Waals surface area contributed by atoms with Crippen molar-refractivity contribution in [3.05, 3.63) is 41.5 Å². The number of aromatic nitrogens is 3. The van der Waals surface area contributed by atoms with Gasteiger partial charge in [0, 0.05) is 12.3 Å². The maximum absolute atomic E-state index is 11.3. The molecule has 0 radical (unpaired) electrons. The van der Waals surface area contributed by atoms with Crippen LogP contribution in [0.3, 0.4) is 0 Å². The summed E-state index contributed by atoms with van der Waals surface area (Å²) >= 11 is 0. The van der Waals surface area contributed by atoms with Crippen LogP contribution in [0.25, 0.3) is 0 Å². The molecule has 2 aromatic heterocycles. The van der Waals surface area contributed by atoms with Gasteiger partial charge in [-0.15, -0.1) is 0 Å². The van der Waals surface area contributed by atoms with Gasteiger partial charge in [-0.25, -0.2) is 15.0 Å². The van der Waals surface area contributed by atoms with E-state index in [1.807, 2.05) is 32.0 Å². The van der Waals surface area contributed by atoms with Crippen LogP contribution in [-0.4, -0.2) is 38.8 Å². The minimum absolute atomic E-state index is 0.101. The third-order valence-electron chi connectivity index (χ3n) is 4.18. The lowest BCUT2D eigenvalue weighted by Crippen LogP contribution is -2.33. The number of hydrogen-bond donors (Lipinski definition) is 2. The largest absolute Gasteiger partial charge is 0.369 e. The van der Waals surface area contributed by atoms with E-state index in [0.29, 0.717) is 11.6 Å². The van der Waals surface area contributed by atoms with Crippen molar-refractivity contribution in [2.45, 2.75) is 32.7 Å². The molecule has 1 saturated heterocycles. The number of aryl methyl sites for hydroxylation is 2. The van der Waals surface area contributed by atoms with Gasteiger partial charge >= 0.3 is 0 Å². The Morgan fingerprint density at radius 1 is 1.42 bits per heavy atom. The molecule has 126 valence electrons. The summed E-state index contributed by atoms with van der Waals surface area (Å²) in [5.41, 5.74) is 7.32. The van der Waals surface area contributed by atoms with E-state index in [9.17, 15) is 4.79 Å². The van der Waals surface area contributed by atoms with Crippen LogP contribution >= 0.6 is 0 Å². The van der Waals surface area contributed by atoms with Gasteiger partial charge in [0.1, 0.15) is 17.5 Å². The van der Waals surface area contributed by atoms with E-state index in [1.54, 1.807) is 6.20 Å². The molecule has 1 aliphatic rings. The molecule has 7 nitrogen and oxygen atoms in total. The molecule has 0 bridgehead atoms. The second-order valence-electron chi connectivity index (χ2n) is 6.11. The van der Waals surface area contributed by atoms with Crippen molar-refractivity contribution < 1.29 is 4.79 Å². The van der Waals surface area contributed by atoms with Crippen LogP contribution in [0.15, 0.2) is 24.4 Å². The Labute approximate surface area is 141 Å². The number of primary amides is 1. The summed E-state index contributed by atoms with van der Waals surface area (Å²) < 4.78 is 0. The Kier molecular flexibility index (Phi) is 4.71. The number of carbonyl (C=O) groups excluding carboxylic acids is 1. The number of pyridine rings is 1. The fourth-order valence-corrected chi connectivity index (χ4v) is 3.11. The van der Waals surface area contributed by atoms with Gasteiger partial charge in [-0.05, 0) is 44.9 Å². The zero-order valence-corrected chi connectivity index (χ0v) is 14.0. The van der Waals surface area contributed by atoms with Gasteiger partial charge in [-0.3, -0.25) is 9.69 Å². The second-order valence-corrected chi connectivity index (χ2v) is 6.11. The van der Waals surface area contributed by atoms with Crippen molar-refractivity contribution in [1.29, 1.82) is 0 Å². The van der Waals surface area contributed by atoms with Gasteiger partial charge in [0.25, 0.3) is 0 Å². The standard InChI is InChI=1S/C17H22N6O/c1-11-5-3-7-19-17(11)22-16-9-13(20-12(2)21-16)14-6-4-8-23(14)10-15(18)24/h3,5,7,9,14H,4,6,8,10H2,1-2H3,(H2,18,24)(H,19,20,21,22). The zero-order valence-electron chi connectivity index (χ0n) is 14.0. The van der Waals surface area contributed by atoms with E-state index in [1.165, 1.54) is 0 Å². The molecule has 3 rings (SSSR count). The molecule has 3 N–H and O–H groups in total. The SMILES string of the molecule is Cc1nc(Nc2ncccc2C)cc(C2CCCN2CC(N)=O)n1. The number of rotatable bonds is 5. The molecule has 1 aliphatic heterocycles. The van der Waals surface area contributed by atoms with Crippen LogP contribution in [0.4, 0.5) is 11.6 Å². The first-order valence-corrected chi connectivity index (χ1v) is 8.09. The van der Waals surface area contributed by atoms with Crippen molar-refractivity contribution in [1.82, 2.24) is 19.9 Å². The average Bonchev–Trinajstić information content (AvgIpc) is 2.96. The number of hydrogen-bond acceptors (Lipinski definition) is 6. The fourth-order valence-electron chi connectivity index (χ4n) is 3.11. The summed E-state index contributed by atoms with van der Waals surface area (Å²) in [4.78, 5) is 26.7. The summed E-state index contributed by atoms with van der Waals surface area (Å²) in [6, 6.07) is 5.93. The zero-order chi connectivity index (χ0) is 17.1. The maximum atomic E-state index is 11.3. The normalized spacial score (nSPS) is 17.8. The highest BCUT2D eigenvalue weighted by Crippen LogP contribution is 2.31. The number of carbonyl (C=O) groups is 1. The van der Waals surface area contributed by atoms with E-state index in [0.717, 1.165) is 36.5 Å². The Bertz CT molecular complexity index is 748. The number of nitrogens with two attached hydrogens (primary N) is 1. The molecule has 7 heteroatoms. The molecule has 24 heavy (non-hydrogen) atoms. The van der Waals surface area contributed by atoms with Gasteiger partial charge in [-0.1, -0.05) is 6.07 Å². The molecule has 0 aromatic carbocycles. The highest BCUT2D eigenvalue weighted by Gasteiger charge is 2.28. The second kappa shape index (κ2) is 6.92. The van der Waals surface area contributed by atoms with E-state index < -0.39 is 0 Å². The average molecular weight is 326 g/mol. The number of likely N-dealkylation sites (tertiary alicyclic amines) is 1. The molecular weight excluding hydrogens is 304 g/mol. The maximum Gasteiger partial charge on any atom is 0.231 e. The first-order chi connectivity index (χ1) is 11.5. The number of nitrogens with zero attached hydrogens (tertiary/aromatic N) is 4. The Morgan fingerprint density at radius 3 is 3.00 bits per heavy atom. The van der Waals surface area contributed by atoms with Crippen molar-refractivity contribution in [2.75, 3.05) is 18.4 Å². The van der Waals surface area contributed by atoms with Crippen molar-refractivity contribution in [3.63, 3.8) is 0 Å². The van der Waals surface area contributed by atoms with Gasteiger partial charge in [-0.2, -0.15) is 0 Å². The number of nitrogens with one attached hydrogen (secondary N) is 1. The lowest BCUT2D eigenvalue weighted by atomic mass is 10.1. The van der Waals surface area contributed by atoms with E-state index in [-0.39, 0.29) is 18.5 Å². The third kappa shape index (κ3) is 3.68. The van der Waals surface area contributed by atoms with E-state index >= 15 is 0 Å². The Balaban J connectivity index is 1.86. The fraction of sp³-hybridized carbons (Fsp3) is 0.412. The van der Waals surface area contributed by atoms with E-state index in [2.05, 4.69) is 25.2 Å². The predicted molar refractivity (Wildman–Crippen MR) is 91.8 cm³/mol. The first kappa shape index (κ1) is 16.3. The lowest BCUT2D eigenvalue weighted by Gasteiger charge is -2.23.